The van der Waals surface area contributed by atoms with E-state index in [-0.39, 0.29) is 17.3 Å². The maximum Gasteiger partial charge on any atom is 0.321 e. The number of alkyl halides is 1. The highest BCUT2D eigenvalue weighted by molar-refractivity contribution is 6.17. The maximum absolute atomic E-state index is 13.5. The summed E-state index contributed by atoms with van der Waals surface area (Å²) >= 11 is 5.59. The van der Waals surface area contributed by atoms with Gasteiger partial charge in [-0.2, -0.15) is 5.26 Å². The minimum absolute atomic E-state index is 0.0208. The van der Waals surface area contributed by atoms with Gasteiger partial charge in [0.2, 0.25) is 0 Å². The van der Waals surface area contributed by atoms with Crippen LogP contribution in [0.3, 0.4) is 0 Å². The summed E-state index contributed by atoms with van der Waals surface area (Å²) < 4.78 is 18.7. The number of nitrogens with zero attached hydrogens (tertiary/aromatic N) is 3. The molecule has 90 valence electrons. The molecule has 0 saturated heterocycles. The number of hydrogen-bond donors (Lipinski definition) is 0. The molecule has 0 aliphatic heterocycles. The van der Waals surface area contributed by atoms with Crippen molar-refractivity contribution in [3.05, 3.63) is 47.5 Å². The van der Waals surface area contributed by atoms with Gasteiger partial charge in [0.15, 0.2) is 11.6 Å². The quantitative estimate of drug-likeness (QED) is 0.799. The third kappa shape index (κ3) is 2.73. The van der Waals surface area contributed by atoms with Gasteiger partial charge in [-0.1, -0.05) is 0 Å². The Morgan fingerprint density at radius 3 is 2.61 bits per heavy atom. The zero-order valence-corrected chi connectivity index (χ0v) is 9.86. The minimum atomic E-state index is -0.640. The van der Waals surface area contributed by atoms with Crippen LogP contribution in [0.15, 0.2) is 30.6 Å². The van der Waals surface area contributed by atoms with Gasteiger partial charge in [-0.25, -0.2) is 14.4 Å². The van der Waals surface area contributed by atoms with Gasteiger partial charge in [-0.15, -0.1) is 11.6 Å². The zero-order chi connectivity index (χ0) is 13.0. The number of benzene rings is 1. The van der Waals surface area contributed by atoms with E-state index >= 15 is 0 Å². The monoisotopic (exact) mass is 263 g/mol. The number of rotatable bonds is 3. The molecule has 0 radical (unpaired) electrons. The summed E-state index contributed by atoms with van der Waals surface area (Å²) in [5.41, 5.74) is 0.961. The Morgan fingerprint density at radius 1 is 1.33 bits per heavy atom. The second kappa shape index (κ2) is 5.43. The number of halogens is 2. The molecule has 0 bridgehead atoms. The van der Waals surface area contributed by atoms with Crippen molar-refractivity contribution < 1.29 is 9.13 Å². The first-order chi connectivity index (χ1) is 8.72. The average Bonchev–Trinajstić information content (AvgIpc) is 2.42. The third-order valence-corrected chi connectivity index (χ3v) is 2.41. The predicted molar refractivity (Wildman–Crippen MR) is 62.8 cm³/mol. The van der Waals surface area contributed by atoms with Crippen LogP contribution in [0.5, 0.6) is 11.8 Å². The topological polar surface area (TPSA) is 58.8 Å². The molecular weight excluding hydrogens is 257 g/mol. The van der Waals surface area contributed by atoms with Crippen molar-refractivity contribution in [2.45, 2.75) is 5.88 Å². The third-order valence-electron chi connectivity index (χ3n) is 2.10. The van der Waals surface area contributed by atoms with Crippen molar-refractivity contribution >= 4 is 11.6 Å². The summed E-state index contributed by atoms with van der Waals surface area (Å²) in [5, 5.41) is 8.61. The normalized spacial score (nSPS) is 9.83. The Labute approximate surface area is 108 Å². The van der Waals surface area contributed by atoms with E-state index in [1.165, 1.54) is 24.5 Å². The number of nitriles is 1. The molecule has 4 nitrogen and oxygen atoms in total. The molecule has 0 N–H and O–H groups in total. The second-order valence-electron chi connectivity index (χ2n) is 3.37. The molecule has 0 aliphatic carbocycles. The molecule has 0 spiro atoms. The van der Waals surface area contributed by atoms with E-state index in [2.05, 4.69) is 9.97 Å². The smallest absolute Gasteiger partial charge is 0.321 e. The summed E-state index contributed by atoms with van der Waals surface area (Å²) in [4.78, 5) is 7.76. The van der Waals surface area contributed by atoms with E-state index in [0.29, 0.717) is 5.88 Å². The Kier molecular flexibility index (Phi) is 3.70. The van der Waals surface area contributed by atoms with Crippen molar-refractivity contribution in [3.63, 3.8) is 0 Å². The lowest BCUT2D eigenvalue weighted by Gasteiger charge is -2.04. The fraction of sp³-hybridized carbons (Fsp3) is 0.0833. The van der Waals surface area contributed by atoms with E-state index in [9.17, 15) is 4.39 Å². The molecule has 18 heavy (non-hydrogen) atoms. The molecule has 0 amide bonds. The van der Waals surface area contributed by atoms with Crippen molar-refractivity contribution in [2.75, 3.05) is 0 Å². The van der Waals surface area contributed by atoms with E-state index in [0.717, 1.165) is 11.6 Å². The first kappa shape index (κ1) is 12.3. The van der Waals surface area contributed by atoms with E-state index < -0.39 is 5.82 Å². The molecule has 2 rings (SSSR count). The second-order valence-corrected chi connectivity index (χ2v) is 3.63. The van der Waals surface area contributed by atoms with Crippen molar-refractivity contribution in [2.24, 2.45) is 0 Å². The summed E-state index contributed by atoms with van der Waals surface area (Å²) in [7, 11) is 0. The van der Waals surface area contributed by atoms with Crippen LogP contribution >= 0.6 is 11.6 Å². The van der Waals surface area contributed by atoms with Gasteiger partial charge in [-0.05, 0) is 18.2 Å². The van der Waals surface area contributed by atoms with Gasteiger partial charge >= 0.3 is 6.01 Å². The Bertz CT molecular complexity index is 595. The van der Waals surface area contributed by atoms with E-state index in [4.69, 9.17) is 21.6 Å². The largest absolute Gasteiger partial charge is 0.421 e. The zero-order valence-electron chi connectivity index (χ0n) is 9.10. The highest BCUT2D eigenvalue weighted by Crippen LogP contribution is 2.22. The van der Waals surface area contributed by atoms with Crippen LogP contribution in [0, 0.1) is 17.1 Å². The Balaban J connectivity index is 2.20. The van der Waals surface area contributed by atoms with Crippen LogP contribution < -0.4 is 4.74 Å². The molecule has 1 aromatic carbocycles. The van der Waals surface area contributed by atoms with E-state index in [1.54, 1.807) is 0 Å². The highest BCUT2D eigenvalue weighted by atomic mass is 35.5. The molecule has 2 aromatic rings. The number of aromatic nitrogens is 2. The lowest BCUT2D eigenvalue weighted by molar-refractivity contribution is 0.410. The van der Waals surface area contributed by atoms with Gasteiger partial charge in [0.25, 0.3) is 0 Å². The van der Waals surface area contributed by atoms with Gasteiger partial charge < -0.3 is 4.74 Å². The van der Waals surface area contributed by atoms with Crippen LogP contribution in [-0.4, -0.2) is 9.97 Å². The summed E-state index contributed by atoms with van der Waals surface area (Å²) in [6.45, 7) is 0. The molecule has 0 fully saturated rings. The maximum atomic E-state index is 13.5. The number of hydrogen-bond acceptors (Lipinski definition) is 4. The minimum Gasteiger partial charge on any atom is -0.421 e. The Hall–Kier alpha value is -2.19. The first-order valence-corrected chi connectivity index (χ1v) is 5.51. The van der Waals surface area contributed by atoms with Crippen LogP contribution in [0.1, 0.15) is 11.1 Å². The van der Waals surface area contributed by atoms with Crippen LogP contribution in [0.2, 0.25) is 0 Å². The van der Waals surface area contributed by atoms with Gasteiger partial charge in [0.1, 0.15) is 0 Å². The molecule has 0 saturated carbocycles. The highest BCUT2D eigenvalue weighted by Gasteiger charge is 2.07. The van der Waals surface area contributed by atoms with Gasteiger partial charge in [0.05, 0.1) is 17.5 Å². The molecule has 0 aliphatic rings. The van der Waals surface area contributed by atoms with Gasteiger partial charge in [0, 0.05) is 18.0 Å². The van der Waals surface area contributed by atoms with Crippen molar-refractivity contribution in [1.29, 1.82) is 5.26 Å². The molecule has 1 aromatic heterocycles. The van der Waals surface area contributed by atoms with Crippen LogP contribution in [0.25, 0.3) is 0 Å². The molecule has 0 atom stereocenters. The molecule has 0 unspecified atom stereocenters. The predicted octanol–water partition coefficient (Wildman–Crippen LogP) is 3.02. The number of ether oxygens (including phenoxy) is 1. The standard InChI is InChI=1S/C12H7ClFN3O/c13-4-9-6-16-12(17-7-9)18-11-2-1-8(5-15)3-10(11)14/h1-3,6-7H,4H2. The molecular formula is C12H7ClFN3O. The van der Waals surface area contributed by atoms with E-state index in [1.807, 2.05) is 6.07 Å². The van der Waals surface area contributed by atoms with Crippen molar-refractivity contribution in [3.8, 4) is 17.8 Å². The van der Waals surface area contributed by atoms with Gasteiger partial charge in [-0.3, -0.25) is 0 Å². The van der Waals surface area contributed by atoms with Crippen molar-refractivity contribution in [1.82, 2.24) is 9.97 Å². The first-order valence-electron chi connectivity index (χ1n) is 4.97. The summed E-state index contributed by atoms with van der Waals surface area (Å²) in [5.74, 6) is -0.377. The van der Waals surface area contributed by atoms with Crippen LogP contribution in [0.4, 0.5) is 4.39 Å². The summed E-state index contributed by atoms with van der Waals surface area (Å²) in [6.07, 6.45) is 2.99. The molecule has 1 heterocycles. The lowest BCUT2D eigenvalue weighted by Crippen LogP contribution is -1.95. The fourth-order valence-corrected chi connectivity index (χ4v) is 1.35. The van der Waals surface area contributed by atoms with Crippen LogP contribution in [-0.2, 0) is 5.88 Å². The average molecular weight is 264 g/mol. The lowest BCUT2D eigenvalue weighted by atomic mass is 10.2. The fourth-order valence-electron chi connectivity index (χ4n) is 1.22. The summed E-state index contributed by atoms with van der Waals surface area (Å²) in [6, 6.07) is 5.74. The SMILES string of the molecule is N#Cc1ccc(Oc2ncc(CCl)cn2)c(F)c1. The Morgan fingerprint density at radius 2 is 2.06 bits per heavy atom. The molecule has 6 heteroatoms.